The van der Waals surface area contributed by atoms with Gasteiger partial charge in [0, 0.05) is 19.5 Å². The van der Waals surface area contributed by atoms with Gasteiger partial charge in [0.15, 0.2) is 0 Å². The summed E-state index contributed by atoms with van der Waals surface area (Å²) < 4.78 is 1.59. The third kappa shape index (κ3) is 3.52. The van der Waals surface area contributed by atoms with E-state index in [-0.39, 0.29) is 5.91 Å². The number of hydrogen-bond acceptors (Lipinski definition) is 3. The molecule has 0 fully saturated rings. The molecular formula is C12H18N4O. The van der Waals surface area contributed by atoms with Crippen molar-refractivity contribution in [3.8, 4) is 12.3 Å². The van der Waals surface area contributed by atoms with Crippen LogP contribution in [0.5, 0.6) is 0 Å². The van der Waals surface area contributed by atoms with Gasteiger partial charge in [-0.05, 0) is 19.8 Å². The Bertz CT molecular complexity index is 417. The molecule has 0 bridgehead atoms. The van der Waals surface area contributed by atoms with E-state index in [4.69, 9.17) is 12.2 Å². The van der Waals surface area contributed by atoms with Gasteiger partial charge in [0.2, 0.25) is 0 Å². The van der Waals surface area contributed by atoms with Crippen molar-refractivity contribution < 1.29 is 4.79 Å². The first kappa shape index (κ1) is 13.1. The zero-order valence-electron chi connectivity index (χ0n) is 10.1. The largest absolute Gasteiger partial charge is 0.396 e. The van der Waals surface area contributed by atoms with Crippen molar-refractivity contribution in [3.63, 3.8) is 0 Å². The summed E-state index contributed by atoms with van der Waals surface area (Å²) in [6.07, 6.45) is 9.16. The van der Waals surface area contributed by atoms with Gasteiger partial charge in [0.1, 0.15) is 5.69 Å². The number of nitrogens with two attached hydrogens (primary N) is 1. The van der Waals surface area contributed by atoms with Gasteiger partial charge in [-0.15, -0.1) is 12.3 Å². The smallest absolute Gasteiger partial charge is 0.271 e. The van der Waals surface area contributed by atoms with Crippen LogP contribution in [0.25, 0.3) is 0 Å². The number of nitrogens with one attached hydrogen (secondary N) is 1. The van der Waals surface area contributed by atoms with Gasteiger partial charge in [-0.1, -0.05) is 0 Å². The number of aryl methyl sites for hydroxylation is 1. The molecule has 17 heavy (non-hydrogen) atoms. The first-order valence-electron chi connectivity index (χ1n) is 5.73. The maximum absolute atomic E-state index is 11.8. The van der Waals surface area contributed by atoms with E-state index in [0.717, 1.165) is 19.3 Å². The van der Waals surface area contributed by atoms with Crippen LogP contribution in [0.3, 0.4) is 0 Å². The van der Waals surface area contributed by atoms with E-state index in [9.17, 15) is 4.79 Å². The van der Waals surface area contributed by atoms with Crippen LogP contribution in [0.1, 0.15) is 36.7 Å². The van der Waals surface area contributed by atoms with Crippen molar-refractivity contribution in [2.45, 2.75) is 32.7 Å². The Morgan fingerprint density at radius 2 is 2.41 bits per heavy atom. The van der Waals surface area contributed by atoms with Crippen LogP contribution in [-0.2, 0) is 6.54 Å². The number of terminal acetylenes is 1. The Labute approximate surface area is 101 Å². The Morgan fingerprint density at radius 1 is 1.65 bits per heavy atom. The Kier molecular flexibility index (Phi) is 5.08. The molecule has 0 radical (unpaired) electrons. The number of carbonyl (C=O) groups excluding carboxylic acids is 1. The quantitative estimate of drug-likeness (QED) is 0.570. The molecule has 3 N–H and O–H groups in total. The van der Waals surface area contributed by atoms with Gasteiger partial charge in [-0.2, -0.15) is 5.10 Å². The summed E-state index contributed by atoms with van der Waals surface area (Å²) in [4.78, 5) is 11.8. The average molecular weight is 234 g/mol. The highest BCUT2D eigenvalue weighted by molar-refractivity contribution is 5.97. The molecule has 0 saturated heterocycles. The minimum atomic E-state index is -0.178. The number of aromatic nitrogens is 2. The van der Waals surface area contributed by atoms with Crippen LogP contribution < -0.4 is 11.1 Å². The second kappa shape index (κ2) is 6.59. The Morgan fingerprint density at radius 3 is 3.06 bits per heavy atom. The summed E-state index contributed by atoms with van der Waals surface area (Å²) in [6, 6.07) is 0. The molecule has 0 aliphatic heterocycles. The fourth-order valence-corrected chi connectivity index (χ4v) is 1.53. The maximum atomic E-state index is 11.8. The molecule has 1 rings (SSSR count). The predicted molar refractivity (Wildman–Crippen MR) is 67.3 cm³/mol. The van der Waals surface area contributed by atoms with Crippen LogP contribution >= 0.6 is 0 Å². The molecule has 5 heteroatoms. The number of hydrogen-bond donors (Lipinski definition) is 2. The Hall–Kier alpha value is -1.96. The summed E-state index contributed by atoms with van der Waals surface area (Å²) in [7, 11) is 0. The number of nitrogen functional groups attached to an aromatic ring is 1. The highest BCUT2D eigenvalue weighted by Crippen LogP contribution is 2.10. The fourth-order valence-electron chi connectivity index (χ4n) is 1.53. The lowest BCUT2D eigenvalue weighted by molar-refractivity contribution is 0.0943. The third-order valence-corrected chi connectivity index (χ3v) is 2.42. The van der Waals surface area contributed by atoms with E-state index in [1.165, 1.54) is 6.20 Å². The molecule has 0 saturated carbocycles. The van der Waals surface area contributed by atoms with Crippen LogP contribution in [0.2, 0.25) is 0 Å². The van der Waals surface area contributed by atoms with Crippen molar-refractivity contribution in [2.24, 2.45) is 0 Å². The fraction of sp³-hybridized carbons (Fsp3) is 0.500. The van der Waals surface area contributed by atoms with Gasteiger partial charge in [0.05, 0.1) is 11.9 Å². The second-order valence-corrected chi connectivity index (χ2v) is 3.68. The molecule has 0 aliphatic rings. The van der Waals surface area contributed by atoms with E-state index in [1.807, 2.05) is 6.92 Å². The minimum absolute atomic E-state index is 0.178. The van der Waals surface area contributed by atoms with Crippen LogP contribution in [0, 0.1) is 12.3 Å². The Balaban J connectivity index is 2.47. The standard InChI is InChI=1S/C12H18N4O/c1-3-5-6-7-8-14-12(17)11-10(13)9-15-16(11)4-2/h1,9H,4-8,13H2,2H3,(H,14,17). The second-order valence-electron chi connectivity index (χ2n) is 3.68. The normalized spacial score (nSPS) is 9.88. The number of amides is 1. The van der Waals surface area contributed by atoms with Crippen LogP contribution in [0.4, 0.5) is 5.69 Å². The lowest BCUT2D eigenvalue weighted by Crippen LogP contribution is -2.27. The van der Waals surface area contributed by atoms with Crippen molar-refractivity contribution >= 4 is 11.6 Å². The summed E-state index contributed by atoms with van der Waals surface area (Å²) >= 11 is 0. The molecule has 5 nitrogen and oxygen atoms in total. The van der Waals surface area contributed by atoms with E-state index >= 15 is 0 Å². The first-order valence-corrected chi connectivity index (χ1v) is 5.73. The van der Waals surface area contributed by atoms with Gasteiger partial charge >= 0.3 is 0 Å². The average Bonchev–Trinajstić information content (AvgIpc) is 2.70. The van der Waals surface area contributed by atoms with Crippen molar-refractivity contribution in [3.05, 3.63) is 11.9 Å². The monoisotopic (exact) mass is 234 g/mol. The first-order chi connectivity index (χ1) is 8.20. The number of carbonyl (C=O) groups is 1. The predicted octanol–water partition coefficient (Wildman–Crippen LogP) is 1.02. The molecule has 0 spiro atoms. The number of rotatable bonds is 6. The van der Waals surface area contributed by atoms with E-state index in [0.29, 0.717) is 24.5 Å². The molecule has 0 unspecified atom stereocenters. The summed E-state index contributed by atoms with van der Waals surface area (Å²) in [5, 5.41) is 6.83. The van der Waals surface area contributed by atoms with Crippen LogP contribution in [-0.4, -0.2) is 22.2 Å². The van der Waals surface area contributed by atoms with Crippen molar-refractivity contribution in [2.75, 3.05) is 12.3 Å². The summed E-state index contributed by atoms with van der Waals surface area (Å²) in [5.74, 6) is 2.39. The molecule has 92 valence electrons. The van der Waals surface area contributed by atoms with Gasteiger partial charge in [0.25, 0.3) is 5.91 Å². The van der Waals surface area contributed by atoms with Crippen molar-refractivity contribution in [1.29, 1.82) is 0 Å². The lowest BCUT2D eigenvalue weighted by Gasteiger charge is -2.07. The van der Waals surface area contributed by atoms with Crippen molar-refractivity contribution in [1.82, 2.24) is 15.1 Å². The summed E-state index contributed by atoms with van der Waals surface area (Å²) in [5.41, 5.74) is 6.54. The zero-order chi connectivity index (χ0) is 12.7. The molecule has 1 aromatic heterocycles. The van der Waals surface area contributed by atoms with E-state index < -0.39 is 0 Å². The lowest BCUT2D eigenvalue weighted by atomic mass is 10.2. The van der Waals surface area contributed by atoms with E-state index in [1.54, 1.807) is 4.68 Å². The highest BCUT2D eigenvalue weighted by atomic mass is 16.2. The molecule has 1 aromatic rings. The van der Waals surface area contributed by atoms with Gasteiger partial charge in [-0.25, -0.2) is 0 Å². The number of anilines is 1. The summed E-state index contributed by atoms with van der Waals surface area (Å²) in [6.45, 7) is 3.14. The van der Waals surface area contributed by atoms with E-state index in [2.05, 4.69) is 16.3 Å². The van der Waals surface area contributed by atoms with Gasteiger partial charge in [-0.3, -0.25) is 9.48 Å². The molecule has 0 aliphatic carbocycles. The molecule has 0 atom stereocenters. The molecule has 0 aromatic carbocycles. The maximum Gasteiger partial charge on any atom is 0.271 e. The number of unbranched alkanes of at least 4 members (excludes halogenated alkanes) is 2. The van der Waals surface area contributed by atoms with Gasteiger partial charge < -0.3 is 11.1 Å². The highest BCUT2D eigenvalue weighted by Gasteiger charge is 2.15. The molecule has 1 heterocycles. The SMILES string of the molecule is C#CCCCCNC(=O)c1c(N)cnn1CC. The topological polar surface area (TPSA) is 72.9 Å². The third-order valence-electron chi connectivity index (χ3n) is 2.42. The molecule has 1 amide bonds. The minimum Gasteiger partial charge on any atom is -0.396 e. The number of nitrogens with zero attached hydrogens (tertiary/aromatic N) is 2. The molecular weight excluding hydrogens is 216 g/mol. The van der Waals surface area contributed by atoms with Crippen LogP contribution in [0.15, 0.2) is 6.20 Å². The zero-order valence-corrected chi connectivity index (χ0v) is 10.1.